The second-order valence-corrected chi connectivity index (χ2v) is 3.75. The van der Waals surface area contributed by atoms with Gasteiger partial charge in [0.15, 0.2) is 0 Å². The lowest BCUT2D eigenvalue weighted by Crippen LogP contribution is -2.22. The van der Waals surface area contributed by atoms with Gasteiger partial charge in [0.1, 0.15) is 6.61 Å². The second kappa shape index (κ2) is 9.86. The van der Waals surface area contributed by atoms with Crippen LogP contribution in [0.5, 0.6) is 11.8 Å². The Labute approximate surface area is 121 Å². The number of ether oxygens (including phenoxy) is 4. The molecule has 21 heavy (non-hydrogen) atoms. The molecule has 0 spiro atoms. The zero-order valence-corrected chi connectivity index (χ0v) is 11.7. The number of nitrogens with zero attached hydrogens (tertiary/aromatic N) is 1. The first-order valence-electron chi connectivity index (χ1n) is 6.24. The number of aromatic nitrogens is 1. The van der Waals surface area contributed by atoms with E-state index in [2.05, 4.69) is 9.57 Å². The molecule has 120 valence electrons. The minimum Gasteiger partial charge on any atom is -0.492 e. The maximum Gasteiger partial charge on any atom is 0.534 e. The van der Waals surface area contributed by atoms with E-state index in [1.165, 1.54) is 0 Å². The quantitative estimate of drug-likeness (QED) is 0.464. The lowest BCUT2D eigenvalue weighted by molar-refractivity contribution is -0.00349. The summed E-state index contributed by atoms with van der Waals surface area (Å²) in [6, 6.07) is 2.32. The van der Waals surface area contributed by atoms with E-state index >= 15 is 0 Å². The number of carbonyl (C=O) groups excluding carboxylic acids is 1. The highest BCUT2D eigenvalue weighted by molar-refractivity contribution is 5.60. The fraction of sp³-hybridized carbons (Fsp3) is 0.583. The van der Waals surface area contributed by atoms with Gasteiger partial charge in [-0.25, -0.2) is 4.79 Å². The Bertz CT molecular complexity index is 400. The van der Waals surface area contributed by atoms with Crippen LogP contribution in [0.1, 0.15) is 0 Å². The molecule has 0 aromatic carbocycles. The fourth-order valence-electron chi connectivity index (χ4n) is 1.24. The highest BCUT2D eigenvalue weighted by Gasteiger charge is 2.12. The Hall–Kier alpha value is -1.97. The molecule has 0 saturated heterocycles. The molecule has 1 aromatic rings. The summed E-state index contributed by atoms with van der Waals surface area (Å²) >= 11 is 0. The van der Waals surface area contributed by atoms with Crippen LogP contribution in [0.3, 0.4) is 0 Å². The molecule has 0 radical (unpaired) electrons. The molecular weight excluding hydrogens is 286 g/mol. The van der Waals surface area contributed by atoms with Gasteiger partial charge in [-0.2, -0.15) is 0 Å². The van der Waals surface area contributed by atoms with Gasteiger partial charge >= 0.3 is 6.16 Å². The van der Waals surface area contributed by atoms with E-state index < -0.39 is 17.9 Å². The molecule has 0 amide bonds. The Morgan fingerprint density at radius 2 is 1.52 bits per heavy atom. The normalized spacial score (nSPS) is 10.5. The van der Waals surface area contributed by atoms with Gasteiger partial charge in [0, 0.05) is 19.2 Å². The first-order chi connectivity index (χ1) is 10.1. The van der Waals surface area contributed by atoms with Gasteiger partial charge in [-0.3, -0.25) is 4.84 Å². The van der Waals surface area contributed by atoms with Crippen molar-refractivity contribution in [1.82, 2.24) is 4.73 Å². The van der Waals surface area contributed by atoms with Gasteiger partial charge in [0.25, 0.3) is 0 Å². The lowest BCUT2D eigenvalue weighted by atomic mass is 10.6. The van der Waals surface area contributed by atoms with Crippen molar-refractivity contribution in [1.29, 1.82) is 0 Å². The summed E-state index contributed by atoms with van der Waals surface area (Å²) in [7, 11) is 1.59. The second-order valence-electron chi connectivity index (χ2n) is 3.75. The van der Waals surface area contributed by atoms with Crippen LogP contribution in [0.4, 0.5) is 4.79 Å². The largest absolute Gasteiger partial charge is 0.534 e. The van der Waals surface area contributed by atoms with Crippen molar-refractivity contribution >= 4 is 6.16 Å². The zero-order valence-electron chi connectivity index (χ0n) is 11.7. The zero-order chi connectivity index (χ0) is 15.5. The van der Waals surface area contributed by atoms with Crippen LogP contribution in [0.15, 0.2) is 12.1 Å². The molecule has 1 rings (SSSR count). The van der Waals surface area contributed by atoms with E-state index in [4.69, 9.17) is 14.2 Å². The van der Waals surface area contributed by atoms with Crippen LogP contribution in [-0.4, -0.2) is 67.8 Å². The van der Waals surface area contributed by atoms with E-state index in [-0.39, 0.29) is 13.2 Å². The summed E-state index contributed by atoms with van der Waals surface area (Å²) in [6.45, 7) is 1.94. The molecule has 0 bridgehead atoms. The van der Waals surface area contributed by atoms with E-state index in [0.717, 1.165) is 12.1 Å². The smallest absolute Gasteiger partial charge is 0.492 e. The summed E-state index contributed by atoms with van der Waals surface area (Å²) in [4.78, 5) is 15.8. The molecule has 0 aliphatic heterocycles. The number of rotatable bonds is 10. The number of aromatic hydroxyl groups is 2. The minimum absolute atomic E-state index is 0.0281. The molecule has 9 heteroatoms. The fourth-order valence-corrected chi connectivity index (χ4v) is 1.24. The summed E-state index contributed by atoms with van der Waals surface area (Å²) in [6.07, 6.45) is -1.07. The SMILES string of the molecule is COCCOCCOCCOC(=O)On1c(O)ccc1O. The van der Waals surface area contributed by atoms with Gasteiger partial charge in [-0.1, -0.05) is 0 Å². The Morgan fingerprint density at radius 1 is 1.00 bits per heavy atom. The summed E-state index contributed by atoms with van der Waals surface area (Å²) in [5.74, 6) is -0.845. The third-order valence-electron chi connectivity index (χ3n) is 2.21. The van der Waals surface area contributed by atoms with Crippen molar-refractivity contribution in [2.24, 2.45) is 0 Å². The molecule has 9 nitrogen and oxygen atoms in total. The van der Waals surface area contributed by atoms with Crippen molar-refractivity contribution in [2.75, 3.05) is 46.8 Å². The molecule has 1 heterocycles. The number of methoxy groups -OCH3 is 1. The molecular formula is C12H19NO8. The van der Waals surface area contributed by atoms with E-state index in [1.807, 2.05) is 0 Å². The van der Waals surface area contributed by atoms with Crippen molar-refractivity contribution < 1.29 is 38.8 Å². The van der Waals surface area contributed by atoms with Crippen LogP contribution in [0, 0.1) is 0 Å². The molecule has 1 aromatic heterocycles. The average molecular weight is 305 g/mol. The minimum atomic E-state index is -1.07. The van der Waals surface area contributed by atoms with Gasteiger partial charge in [-0.05, 0) is 0 Å². The lowest BCUT2D eigenvalue weighted by Gasteiger charge is -2.08. The van der Waals surface area contributed by atoms with E-state index in [9.17, 15) is 15.0 Å². The van der Waals surface area contributed by atoms with Crippen molar-refractivity contribution in [2.45, 2.75) is 0 Å². The predicted molar refractivity (Wildman–Crippen MR) is 69.2 cm³/mol. The number of hydrogen-bond acceptors (Lipinski definition) is 8. The Balaban J connectivity index is 2.01. The third kappa shape index (κ3) is 6.84. The number of hydrogen-bond donors (Lipinski definition) is 2. The van der Waals surface area contributed by atoms with Crippen LogP contribution in [-0.2, 0) is 18.9 Å². The van der Waals surface area contributed by atoms with Crippen molar-refractivity contribution in [3.63, 3.8) is 0 Å². The number of carbonyl (C=O) groups is 1. The van der Waals surface area contributed by atoms with E-state index in [1.54, 1.807) is 7.11 Å². The van der Waals surface area contributed by atoms with Crippen LogP contribution in [0.25, 0.3) is 0 Å². The maximum atomic E-state index is 11.2. The van der Waals surface area contributed by atoms with Crippen LogP contribution >= 0.6 is 0 Å². The summed E-state index contributed by atoms with van der Waals surface area (Å²) < 4.78 is 20.3. The van der Waals surface area contributed by atoms with Gasteiger partial charge in [-0.15, -0.1) is 4.73 Å². The van der Waals surface area contributed by atoms with Gasteiger partial charge in [0.05, 0.1) is 33.0 Å². The van der Waals surface area contributed by atoms with Crippen molar-refractivity contribution in [3.8, 4) is 11.8 Å². The molecule has 2 N–H and O–H groups in total. The Kier molecular flexibility index (Phi) is 8.02. The molecule has 0 fully saturated rings. The molecule has 0 unspecified atom stereocenters. The average Bonchev–Trinajstić information content (AvgIpc) is 2.77. The first kappa shape index (κ1) is 17.1. The Morgan fingerprint density at radius 3 is 2.10 bits per heavy atom. The first-order valence-corrected chi connectivity index (χ1v) is 6.24. The summed E-state index contributed by atoms with van der Waals surface area (Å²) in [5, 5.41) is 18.5. The molecule has 0 atom stereocenters. The highest BCUT2D eigenvalue weighted by Crippen LogP contribution is 2.18. The van der Waals surface area contributed by atoms with E-state index in [0.29, 0.717) is 31.2 Å². The van der Waals surface area contributed by atoms with Crippen LogP contribution in [0.2, 0.25) is 0 Å². The highest BCUT2D eigenvalue weighted by atomic mass is 16.8. The molecule has 0 aliphatic rings. The van der Waals surface area contributed by atoms with Crippen LogP contribution < -0.4 is 4.84 Å². The monoisotopic (exact) mass is 305 g/mol. The van der Waals surface area contributed by atoms with Gasteiger partial charge in [0.2, 0.25) is 11.8 Å². The molecule has 0 saturated carbocycles. The topological polar surface area (TPSA) is 109 Å². The van der Waals surface area contributed by atoms with Crippen molar-refractivity contribution in [3.05, 3.63) is 12.1 Å². The standard InChI is InChI=1S/C12H19NO8/c1-17-4-5-18-6-7-19-8-9-20-12(16)21-13-10(14)2-3-11(13)15/h2-3,14-15H,4-9H2,1H3. The molecule has 0 aliphatic carbocycles. The predicted octanol–water partition coefficient (Wildman–Crippen LogP) is 0.144. The maximum absolute atomic E-state index is 11.2. The third-order valence-corrected chi connectivity index (χ3v) is 2.21. The van der Waals surface area contributed by atoms with Gasteiger partial charge < -0.3 is 29.2 Å². The summed E-state index contributed by atoms with van der Waals surface area (Å²) in [5.41, 5.74) is 0.